The number of piperidine rings is 1. The number of aryl methyl sites for hydroxylation is 2. The standard InChI is InChI=1S/C22H29NO4/c1-15-10-18(11-16(2)22(15)26-4)21(24)17-6-5-9-23(12-17)13-19-7-8-20(27-19)14-25-3/h7-8,10-11,17H,5-6,9,12-14H2,1-4H3. The van der Waals surface area contributed by atoms with E-state index in [1.807, 2.05) is 38.1 Å². The number of hydrogen-bond acceptors (Lipinski definition) is 5. The zero-order valence-electron chi connectivity index (χ0n) is 16.7. The summed E-state index contributed by atoms with van der Waals surface area (Å²) in [5.74, 6) is 2.88. The number of ether oxygens (including phenoxy) is 2. The average Bonchev–Trinajstić information content (AvgIpc) is 3.08. The molecule has 0 bridgehead atoms. The lowest BCUT2D eigenvalue weighted by molar-refractivity contribution is 0.0800. The molecule has 3 rings (SSSR count). The topological polar surface area (TPSA) is 51.9 Å². The van der Waals surface area contributed by atoms with Gasteiger partial charge in [0, 0.05) is 25.1 Å². The zero-order valence-corrected chi connectivity index (χ0v) is 16.7. The van der Waals surface area contributed by atoms with Gasteiger partial charge in [-0.1, -0.05) is 0 Å². The van der Waals surface area contributed by atoms with E-state index in [1.54, 1.807) is 14.2 Å². The van der Waals surface area contributed by atoms with Crippen molar-refractivity contribution >= 4 is 5.78 Å². The molecule has 0 spiro atoms. The van der Waals surface area contributed by atoms with Gasteiger partial charge in [0.1, 0.15) is 23.9 Å². The Labute approximate surface area is 161 Å². The molecule has 0 aliphatic carbocycles. The molecule has 1 atom stereocenters. The summed E-state index contributed by atoms with van der Waals surface area (Å²) in [5, 5.41) is 0. The predicted molar refractivity (Wildman–Crippen MR) is 104 cm³/mol. The van der Waals surface area contributed by atoms with Crippen molar-refractivity contribution in [3.05, 3.63) is 52.5 Å². The number of methoxy groups -OCH3 is 2. The highest BCUT2D eigenvalue weighted by atomic mass is 16.5. The van der Waals surface area contributed by atoms with Gasteiger partial charge in [-0.2, -0.15) is 0 Å². The second kappa shape index (κ2) is 8.72. The van der Waals surface area contributed by atoms with Crippen LogP contribution in [0.15, 0.2) is 28.7 Å². The minimum Gasteiger partial charge on any atom is -0.496 e. The van der Waals surface area contributed by atoms with Crippen LogP contribution in [0, 0.1) is 19.8 Å². The molecule has 5 heteroatoms. The lowest BCUT2D eigenvalue weighted by Gasteiger charge is -2.31. The van der Waals surface area contributed by atoms with E-state index in [0.717, 1.165) is 66.4 Å². The molecule has 27 heavy (non-hydrogen) atoms. The summed E-state index contributed by atoms with van der Waals surface area (Å²) in [6.07, 6.45) is 1.96. The van der Waals surface area contributed by atoms with Crippen LogP contribution < -0.4 is 4.74 Å². The Balaban J connectivity index is 1.67. The van der Waals surface area contributed by atoms with Crippen LogP contribution in [-0.2, 0) is 17.9 Å². The summed E-state index contributed by atoms with van der Waals surface area (Å²) in [7, 11) is 3.33. The first-order valence-electron chi connectivity index (χ1n) is 9.50. The molecule has 0 amide bonds. The Kier molecular flexibility index (Phi) is 6.34. The molecule has 1 fully saturated rings. The summed E-state index contributed by atoms with van der Waals surface area (Å²) < 4.78 is 16.3. The highest BCUT2D eigenvalue weighted by molar-refractivity contribution is 5.98. The lowest BCUT2D eigenvalue weighted by Crippen LogP contribution is -2.38. The van der Waals surface area contributed by atoms with Gasteiger partial charge in [-0.25, -0.2) is 0 Å². The Hall–Kier alpha value is -2.11. The Morgan fingerprint density at radius 2 is 1.89 bits per heavy atom. The molecule has 1 saturated heterocycles. The van der Waals surface area contributed by atoms with Gasteiger partial charge in [0.2, 0.25) is 0 Å². The number of Topliss-reactive ketones (excluding diaryl/α,β-unsaturated/α-hetero) is 1. The van der Waals surface area contributed by atoms with E-state index in [0.29, 0.717) is 6.61 Å². The number of furan rings is 1. The number of carbonyl (C=O) groups excluding carboxylic acids is 1. The number of nitrogens with zero attached hydrogens (tertiary/aromatic N) is 1. The largest absolute Gasteiger partial charge is 0.496 e. The minimum atomic E-state index is 0.0272. The monoisotopic (exact) mass is 371 g/mol. The number of carbonyl (C=O) groups is 1. The maximum absolute atomic E-state index is 13.1. The van der Waals surface area contributed by atoms with Crippen molar-refractivity contribution in [2.24, 2.45) is 5.92 Å². The molecule has 146 valence electrons. The maximum Gasteiger partial charge on any atom is 0.167 e. The van der Waals surface area contributed by atoms with E-state index in [9.17, 15) is 4.79 Å². The zero-order chi connectivity index (χ0) is 19.4. The molecule has 5 nitrogen and oxygen atoms in total. The van der Waals surface area contributed by atoms with E-state index in [1.165, 1.54) is 0 Å². The molecular weight excluding hydrogens is 342 g/mol. The summed E-state index contributed by atoms with van der Waals surface area (Å²) in [4.78, 5) is 15.4. The first-order valence-corrected chi connectivity index (χ1v) is 9.50. The first kappa shape index (κ1) is 19.6. The van der Waals surface area contributed by atoms with Crippen LogP contribution >= 0.6 is 0 Å². The van der Waals surface area contributed by atoms with Crippen molar-refractivity contribution in [1.82, 2.24) is 4.90 Å². The quantitative estimate of drug-likeness (QED) is 0.685. The molecule has 2 aromatic rings. The van der Waals surface area contributed by atoms with Gasteiger partial charge in [-0.15, -0.1) is 0 Å². The number of hydrogen-bond donors (Lipinski definition) is 0. The number of ketones is 1. The van der Waals surface area contributed by atoms with Gasteiger partial charge in [0.25, 0.3) is 0 Å². The Bertz CT molecular complexity index is 772. The molecule has 1 aromatic carbocycles. The highest BCUT2D eigenvalue weighted by Crippen LogP contribution is 2.28. The van der Waals surface area contributed by atoms with E-state index < -0.39 is 0 Å². The van der Waals surface area contributed by atoms with Crippen molar-refractivity contribution in [3.8, 4) is 5.75 Å². The lowest BCUT2D eigenvalue weighted by atomic mass is 9.88. The fourth-order valence-electron chi connectivity index (χ4n) is 4.01. The van der Waals surface area contributed by atoms with Crippen molar-refractivity contribution in [2.45, 2.75) is 39.8 Å². The third kappa shape index (κ3) is 4.60. The summed E-state index contributed by atoms with van der Waals surface area (Å²) in [5.41, 5.74) is 2.81. The van der Waals surface area contributed by atoms with Crippen molar-refractivity contribution in [3.63, 3.8) is 0 Å². The van der Waals surface area contributed by atoms with Crippen LogP contribution in [0.1, 0.15) is 45.8 Å². The fourth-order valence-corrected chi connectivity index (χ4v) is 4.01. The normalized spacial score (nSPS) is 17.9. The Morgan fingerprint density at radius 1 is 1.19 bits per heavy atom. The SMILES string of the molecule is COCc1ccc(CN2CCCC(C(=O)c3cc(C)c(OC)c(C)c3)C2)o1. The molecule has 1 aliphatic rings. The van der Waals surface area contributed by atoms with Gasteiger partial charge >= 0.3 is 0 Å². The van der Waals surface area contributed by atoms with E-state index in [4.69, 9.17) is 13.9 Å². The van der Waals surface area contributed by atoms with Gasteiger partial charge < -0.3 is 13.9 Å². The molecule has 2 heterocycles. The molecule has 1 aromatic heterocycles. The van der Waals surface area contributed by atoms with Crippen LogP contribution in [0.3, 0.4) is 0 Å². The summed E-state index contributed by atoms with van der Waals surface area (Å²) in [6, 6.07) is 7.86. The summed E-state index contributed by atoms with van der Waals surface area (Å²) >= 11 is 0. The maximum atomic E-state index is 13.1. The number of benzene rings is 1. The van der Waals surface area contributed by atoms with Gasteiger partial charge in [-0.3, -0.25) is 9.69 Å². The molecule has 0 saturated carbocycles. The molecule has 0 N–H and O–H groups in total. The van der Waals surface area contributed by atoms with Crippen molar-refractivity contribution < 1.29 is 18.7 Å². The van der Waals surface area contributed by atoms with Crippen molar-refractivity contribution in [2.75, 3.05) is 27.3 Å². The van der Waals surface area contributed by atoms with E-state index in [-0.39, 0.29) is 11.7 Å². The smallest absolute Gasteiger partial charge is 0.167 e. The van der Waals surface area contributed by atoms with E-state index >= 15 is 0 Å². The highest BCUT2D eigenvalue weighted by Gasteiger charge is 2.27. The van der Waals surface area contributed by atoms with E-state index in [2.05, 4.69) is 4.90 Å². The minimum absolute atomic E-state index is 0.0272. The van der Waals surface area contributed by atoms with Crippen LogP contribution in [0.5, 0.6) is 5.75 Å². The molecule has 1 aliphatic heterocycles. The van der Waals surface area contributed by atoms with Gasteiger partial charge in [0.15, 0.2) is 5.78 Å². The summed E-state index contributed by atoms with van der Waals surface area (Å²) in [6.45, 7) is 6.95. The van der Waals surface area contributed by atoms with Gasteiger partial charge in [-0.05, 0) is 68.6 Å². The third-order valence-electron chi connectivity index (χ3n) is 5.21. The van der Waals surface area contributed by atoms with Crippen LogP contribution in [0.2, 0.25) is 0 Å². The number of likely N-dealkylation sites (tertiary alicyclic amines) is 1. The predicted octanol–water partition coefficient (Wildman–Crippen LogP) is 4.15. The number of rotatable bonds is 7. The molecular formula is C22H29NO4. The second-order valence-electron chi connectivity index (χ2n) is 7.38. The van der Waals surface area contributed by atoms with Gasteiger partial charge in [0.05, 0.1) is 13.7 Å². The van der Waals surface area contributed by atoms with Crippen molar-refractivity contribution in [1.29, 1.82) is 0 Å². The molecule has 0 radical (unpaired) electrons. The average molecular weight is 371 g/mol. The van der Waals surface area contributed by atoms with Crippen LogP contribution in [0.25, 0.3) is 0 Å². The van der Waals surface area contributed by atoms with Crippen LogP contribution in [0.4, 0.5) is 0 Å². The molecule has 1 unspecified atom stereocenters. The fraction of sp³-hybridized carbons (Fsp3) is 0.500. The second-order valence-corrected chi connectivity index (χ2v) is 7.38. The van der Waals surface area contributed by atoms with Crippen LogP contribution in [-0.4, -0.2) is 38.0 Å². The Morgan fingerprint density at radius 3 is 2.56 bits per heavy atom. The first-order chi connectivity index (χ1) is 13.0. The third-order valence-corrected chi connectivity index (χ3v) is 5.21.